The van der Waals surface area contributed by atoms with E-state index >= 15 is 0 Å². The first kappa shape index (κ1) is 17.0. The zero-order valence-corrected chi connectivity index (χ0v) is 15.8. The Morgan fingerprint density at radius 2 is 1.93 bits per heavy atom. The number of hydrogen-bond acceptors (Lipinski definition) is 2. The molecule has 5 rings (SSSR count). The fraction of sp³-hybridized carbons (Fsp3) is 0.391. The first-order chi connectivity index (χ1) is 13.0. The molecule has 3 heterocycles. The molecule has 0 radical (unpaired) electrons. The second-order valence-electron chi connectivity index (χ2n) is 8.18. The maximum absolute atomic E-state index is 13.2. The summed E-state index contributed by atoms with van der Waals surface area (Å²) < 4.78 is 15.6. The molecule has 140 valence electrons. The zero-order chi connectivity index (χ0) is 18.7. The van der Waals surface area contributed by atoms with Crippen LogP contribution in [0.5, 0.6) is 0 Å². The summed E-state index contributed by atoms with van der Waals surface area (Å²) in [6, 6.07) is 13.9. The Morgan fingerprint density at radius 1 is 1.15 bits per heavy atom. The molecule has 2 bridgehead atoms. The molecule has 1 fully saturated rings. The first-order valence-corrected chi connectivity index (χ1v) is 9.80. The molecular formula is C23H25FN2O. The molecule has 3 nitrogen and oxygen atoms in total. The number of halogens is 1. The number of benzene rings is 2. The summed E-state index contributed by atoms with van der Waals surface area (Å²) in [7, 11) is 2.25. The number of aromatic nitrogens is 1. The normalized spacial score (nSPS) is 23.0. The molecule has 0 amide bonds. The van der Waals surface area contributed by atoms with Crippen LogP contribution in [-0.2, 0) is 13.0 Å². The fourth-order valence-electron chi connectivity index (χ4n) is 5.14. The Bertz CT molecular complexity index is 1010. The number of nitrogens with zero attached hydrogens (tertiary/aromatic N) is 2. The van der Waals surface area contributed by atoms with E-state index in [0.717, 1.165) is 12.0 Å². The molecule has 1 saturated heterocycles. The van der Waals surface area contributed by atoms with Crippen LogP contribution in [0.2, 0.25) is 0 Å². The van der Waals surface area contributed by atoms with E-state index in [9.17, 15) is 9.50 Å². The molecular weight excluding hydrogens is 339 g/mol. The average Bonchev–Trinajstić information content (AvgIpc) is 3.06. The Kier molecular flexibility index (Phi) is 3.88. The topological polar surface area (TPSA) is 28.4 Å². The molecule has 1 N–H and O–H groups in total. The summed E-state index contributed by atoms with van der Waals surface area (Å²) in [5.41, 5.74) is 6.06. The maximum Gasteiger partial charge on any atom is 0.123 e. The summed E-state index contributed by atoms with van der Waals surface area (Å²) in [6.07, 6.45) is 2.83. The minimum Gasteiger partial charge on any atom is -0.387 e. The number of fused-ring (bicyclic) bond motifs is 6. The number of rotatable bonds is 3. The van der Waals surface area contributed by atoms with Crippen LogP contribution in [0.25, 0.3) is 10.9 Å². The molecule has 3 atom stereocenters. The summed E-state index contributed by atoms with van der Waals surface area (Å²) in [6.45, 7) is 2.64. The molecule has 0 spiro atoms. The van der Waals surface area contributed by atoms with Crippen LogP contribution in [0.1, 0.15) is 47.4 Å². The summed E-state index contributed by atoms with van der Waals surface area (Å²) in [4.78, 5) is 2.53. The van der Waals surface area contributed by atoms with E-state index in [1.807, 2.05) is 0 Å². The fourth-order valence-corrected chi connectivity index (χ4v) is 5.14. The van der Waals surface area contributed by atoms with Crippen molar-refractivity contribution in [3.05, 3.63) is 70.7 Å². The molecule has 3 unspecified atom stereocenters. The van der Waals surface area contributed by atoms with Crippen molar-refractivity contribution < 1.29 is 9.50 Å². The molecule has 1 aromatic heterocycles. The Labute approximate surface area is 159 Å². The van der Waals surface area contributed by atoms with Gasteiger partial charge in [0.25, 0.3) is 0 Å². The standard InChI is InChI=1S/C23H25FN2O/c1-14-3-9-19-18(11-14)23-20-10-8-17(25(20)2)12-21(23)26(19)13-22(27)15-4-6-16(24)7-5-15/h3-7,9,11,17,20,22,27H,8,10,12-13H2,1-2H3. The number of likely N-dealkylation sites (N-methyl/N-ethyl adjacent to an activating group) is 1. The highest BCUT2D eigenvalue weighted by Crippen LogP contribution is 2.47. The number of hydrogen-bond donors (Lipinski definition) is 1. The summed E-state index contributed by atoms with van der Waals surface area (Å²) >= 11 is 0. The van der Waals surface area contributed by atoms with Crippen LogP contribution in [0.15, 0.2) is 42.5 Å². The molecule has 0 aliphatic carbocycles. The van der Waals surface area contributed by atoms with E-state index in [0.29, 0.717) is 18.6 Å². The van der Waals surface area contributed by atoms with Crippen LogP contribution in [0.3, 0.4) is 0 Å². The van der Waals surface area contributed by atoms with Gasteiger partial charge in [0.15, 0.2) is 0 Å². The summed E-state index contributed by atoms with van der Waals surface area (Å²) in [5.74, 6) is -0.273. The zero-order valence-electron chi connectivity index (χ0n) is 15.8. The lowest BCUT2D eigenvalue weighted by Crippen LogP contribution is -2.34. The van der Waals surface area contributed by atoms with Crippen molar-refractivity contribution in [3.8, 4) is 0 Å². The van der Waals surface area contributed by atoms with Crippen LogP contribution in [-0.4, -0.2) is 27.7 Å². The molecule has 2 aliphatic heterocycles. The van der Waals surface area contributed by atoms with Crippen LogP contribution < -0.4 is 0 Å². The summed E-state index contributed by atoms with van der Waals surface area (Å²) in [5, 5.41) is 12.2. The van der Waals surface area contributed by atoms with Gasteiger partial charge in [-0.3, -0.25) is 4.90 Å². The van der Waals surface area contributed by atoms with Crippen LogP contribution in [0, 0.1) is 12.7 Å². The van der Waals surface area contributed by atoms with Crippen molar-refractivity contribution in [3.63, 3.8) is 0 Å². The number of aryl methyl sites for hydroxylation is 1. The highest BCUT2D eigenvalue weighted by molar-refractivity contribution is 5.87. The SMILES string of the molecule is Cc1ccc2c(c1)c1c(n2CC(O)c2ccc(F)cc2)CC2CCC1N2C. The lowest BCUT2D eigenvalue weighted by molar-refractivity contribution is 0.154. The number of aliphatic hydroxyl groups excluding tert-OH is 1. The second-order valence-corrected chi connectivity index (χ2v) is 8.18. The highest BCUT2D eigenvalue weighted by atomic mass is 19.1. The minimum atomic E-state index is -0.649. The molecule has 4 heteroatoms. The van der Waals surface area contributed by atoms with Crippen molar-refractivity contribution in [1.82, 2.24) is 9.47 Å². The van der Waals surface area contributed by atoms with Gasteiger partial charge < -0.3 is 9.67 Å². The lowest BCUT2D eigenvalue weighted by atomic mass is 9.97. The van der Waals surface area contributed by atoms with Gasteiger partial charge in [-0.25, -0.2) is 4.39 Å². The highest BCUT2D eigenvalue weighted by Gasteiger charge is 2.40. The van der Waals surface area contributed by atoms with E-state index < -0.39 is 6.10 Å². The quantitative estimate of drug-likeness (QED) is 0.740. The van der Waals surface area contributed by atoms with Crippen LogP contribution in [0.4, 0.5) is 4.39 Å². The predicted molar refractivity (Wildman–Crippen MR) is 105 cm³/mol. The Morgan fingerprint density at radius 3 is 2.70 bits per heavy atom. The molecule has 2 aliphatic rings. The average molecular weight is 364 g/mol. The molecule has 2 aromatic carbocycles. The first-order valence-electron chi connectivity index (χ1n) is 9.80. The van der Waals surface area contributed by atoms with Crippen molar-refractivity contribution in [2.75, 3.05) is 7.05 Å². The minimum absolute atomic E-state index is 0.273. The molecule has 27 heavy (non-hydrogen) atoms. The van der Waals surface area contributed by atoms with Gasteiger partial charge in [-0.2, -0.15) is 0 Å². The van der Waals surface area contributed by atoms with E-state index in [2.05, 4.69) is 41.6 Å². The number of aliphatic hydroxyl groups is 1. The Hall–Kier alpha value is -2.17. The van der Waals surface area contributed by atoms with E-state index in [-0.39, 0.29) is 5.82 Å². The third-order valence-corrected chi connectivity index (χ3v) is 6.58. The van der Waals surface area contributed by atoms with Crippen molar-refractivity contribution in [2.24, 2.45) is 0 Å². The third-order valence-electron chi connectivity index (χ3n) is 6.58. The van der Waals surface area contributed by atoms with Crippen molar-refractivity contribution in [2.45, 2.75) is 50.9 Å². The van der Waals surface area contributed by atoms with Crippen molar-refractivity contribution in [1.29, 1.82) is 0 Å². The van der Waals surface area contributed by atoms with Crippen molar-refractivity contribution >= 4 is 10.9 Å². The van der Waals surface area contributed by atoms with E-state index in [4.69, 9.17) is 0 Å². The van der Waals surface area contributed by atoms with Gasteiger partial charge in [0.2, 0.25) is 0 Å². The predicted octanol–water partition coefficient (Wildman–Crippen LogP) is 4.51. The smallest absolute Gasteiger partial charge is 0.123 e. The van der Waals surface area contributed by atoms with E-state index in [1.54, 1.807) is 12.1 Å². The second kappa shape index (κ2) is 6.18. The maximum atomic E-state index is 13.2. The van der Waals surface area contributed by atoms with Gasteiger partial charge in [0.05, 0.1) is 12.6 Å². The van der Waals surface area contributed by atoms with Gasteiger partial charge in [0.1, 0.15) is 5.82 Å². The van der Waals surface area contributed by atoms with Gasteiger partial charge in [-0.15, -0.1) is 0 Å². The van der Waals surface area contributed by atoms with Gasteiger partial charge in [-0.05, 0) is 62.2 Å². The third kappa shape index (κ3) is 2.62. The lowest BCUT2D eigenvalue weighted by Gasteiger charge is -2.32. The monoisotopic (exact) mass is 364 g/mol. The Balaban J connectivity index is 1.62. The molecule has 0 saturated carbocycles. The van der Waals surface area contributed by atoms with Crippen LogP contribution >= 0.6 is 0 Å². The van der Waals surface area contributed by atoms with Gasteiger partial charge >= 0.3 is 0 Å². The largest absolute Gasteiger partial charge is 0.387 e. The van der Waals surface area contributed by atoms with Gasteiger partial charge in [-0.1, -0.05) is 23.8 Å². The van der Waals surface area contributed by atoms with Gasteiger partial charge in [0, 0.05) is 35.1 Å². The van der Waals surface area contributed by atoms with E-state index in [1.165, 1.54) is 52.7 Å². The molecule has 3 aromatic rings.